The first-order chi connectivity index (χ1) is 6.43. The van der Waals surface area contributed by atoms with E-state index in [0.29, 0.717) is 6.10 Å². The molecular weight excluding hydrogens is 166 g/mol. The van der Waals surface area contributed by atoms with Crippen LogP contribution in [0.1, 0.15) is 12.8 Å². The molecule has 0 spiro atoms. The minimum Gasteiger partial charge on any atom is -0.488 e. The van der Waals surface area contributed by atoms with Crippen molar-refractivity contribution in [2.24, 2.45) is 0 Å². The summed E-state index contributed by atoms with van der Waals surface area (Å²) in [6.45, 7) is 0. The van der Waals surface area contributed by atoms with E-state index in [1.165, 1.54) is 6.39 Å². The fourth-order valence-electron chi connectivity index (χ4n) is 1.32. The summed E-state index contributed by atoms with van der Waals surface area (Å²) >= 11 is 0. The average molecular weight is 175 g/mol. The van der Waals surface area contributed by atoms with Gasteiger partial charge in [0, 0.05) is 0 Å². The van der Waals surface area contributed by atoms with Gasteiger partial charge < -0.3 is 9.15 Å². The first-order valence-corrected chi connectivity index (χ1v) is 4.42. The third-order valence-corrected chi connectivity index (χ3v) is 2.14. The highest BCUT2D eigenvalue weighted by molar-refractivity contribution is 5.79. The zero-order valence-corrected chi connectivity index (χ0v) is 7.06. The number of fused-ring (bicyclic) bond motifs is 1. The highest BCUT2D eigenvalue weighted by atomic mass is 16.5. The van der Waals surface area contributed by atoms with Crippen molar-refractivity contribution >= 4 is 11.1 Å². The van der Waals surface area contributed by atoms with Gasteiger partial charge in [-0.1, -0.05) is 6.07 Å². The molecule has 66 valence electrons. The molecule has 3 heteroatoms. The van der Waals surface area contributed by atoms with Crippen molar-refractivity contribution in [3.8, 4) is 5.75 Å². The maximum absolute atomic E-state index is 5.67. The Bertz CT molecular complexity index is 431. The van der Waals surface area contributed by atoms with Gasteiger partial charge in [-0.3, -0.25) is 0 Å². The van der Waals surface area contributed by atoms with E-state index in [9.17, 15) is 0 Å². The Morgan fingerprint density at radius 2 is 2.31 bits per heavy atom. The highest BCUT2D eigenvalue weighted by Gasteiger charge is 2.24. The average Bonchev–Trinajstić information content (AvgIpc) is 2.83. The van der Waals surface area contributed by atoms with Gasteiger partial charge in [0.2, 0.25) is 0 Å². The second-order valence-corrected chi connectivity index (χ2v) is 3.27. The molecule has 0 N–H and O–H groups in total. The van der Waals surface area contributed by atoms with Gasteiger partial charge in [-0.15, -0.1) is 0 Å². The molecule has 0 amide bonds. The molecule has 0 saturated heterocycles. The normalized spacial score (nSPS) is 16.3. The van der Waals surface area contributed by atoms with Gasteiger partial charge >= 0.3 is 0 Å². The number of hydrogen-bond acceptors (Lipinski definition) is 3. The topological polar surface area (TPSA) is 35.3 Å². The van der Waals surface area contributed by atoms with E-state index in [0.717, 1.165) is 29.7 Å². The molecule has 1 aliphatic rings. The fourth-order valence-corrected chi connectivity index (χ4v) is 1.32. The van der Waals surface area contributed by atoms with Crippen molar-refractivity contribution in [2.45, 2.75) is 18.9 Å². The van der Waals surface area contributed by atoms with Crippen molar-refractivity contribution in [1.29, 1.82) is 0 Å². The summed E-state index contributed by atoms with van der Waals surface area (Å²) in [7, 11) is 0. The Labute approximate surface area is 75.3 Å². The number of oxazole rings is 1. The molecule has 0 unspecified atom stereocenters. The van der Waals surface area contributed by atoms with Gasteiger partial charge in [0.05, 0.1) is 6.10 Å². The van der Waals surface area contributed by atoms with Crippen LogP contribution in [0.25, 0.3) is 11.1 Å². The summed E-state index contributed by atoms with van der Waals surface area (Å²) in [5.41, 5.74) is 1.62. The van der Waals surface area contributed by atoms with Crippen LogP contribution in [-0.4, -0.2) is 11.1 Å². The second kappa shape index (κ2) is 2.49. The third kappa shape index (κ3) is 1.16. The number of ether oxygens (including phenoxy) is 1. The van der Waals surface area contributed by atoms with Crippen LogP contribution in [0.4, 0.5) is 0 Å². The van der Waals surface area contributed by atoms with Crippen molar-refractivity contribution in [2.75, 3.05) is 0 Å². The van der Waals surface area contributed by atoms with E-state index in [1.807, 2.05) is 18.2 Å². The number of hydrogen-bond donors (Lipinski definition) is 0. The molecule has 0 atom stereocenters. The molecule has 1 aromatic carbocycles. The lowest BCUT2D eigenvalue weighted by atomic mass is 10.3. The first kappa shape index (κ1) is 6.95. The Hall–Kier alpha value is -1.51. The summed E-state index contributed by atoms with van der Waals surface area (Å²) in [6.07, 6.45) is 4.18. The number of para-hydroxylation sites is 1. The molecule has 1 heterocycles. The monoisotopic (exact) mass is 175 g/mol. The van der Waals surface area contributed by atoms with E-state index in [2.05, 4.69) is 4.98 Å². The number of benzene rings is 1. The Kier molecular flexibility index (Phi) is 1.33. The van der Waals surface area contributed by atoms with Crippen molar-refractivity contribution in [1.82, 2.24) is 4.98 Å². The van der Waals surface area contributed by atoms with E-state index in [-0.39, 0.29) is 0 Å². The minimum absolute atomic E-state index is 0.405. The highest BCUT2D eigenvalue weighted by Crippen LogP contribution is 2.31. The molecule has 13 heavy (non-hydrogen) atoms. The summed E-state index contributed by atoms with van der Waals surface area (Å²) < 4.78 is 10.8. The molecule has 3 rings (SSSR count). The summed E-state index contributed by atoms with van der Waals surface area (Å²) in [4.78, 5) is 4.11. The quantitative estimate of drug-likeness (QED) is 0.702. The van der Waals surface area contributed by atoms with E-state index >= 15 is 0 Å². The first-order valence-electron chi connectivity index (χ1n) is 4.42. The van der Waals surface area contributed by atoms with E-state index in [1.54, 1.807) is 0 Å². The summed E-state index contributed by atoms with van der Waals surface area (Å²) in [6, 6.07) is 5.75. The molecule has 1 saturated carbocycles. The van der Waals surface area contributed by atoms with Gasteiger partial charge in [0.1, 0.15) is 5.75 Å². The van der Waals surface area contributed by atoms with E-state index < -0.39 is 0 Å². The number of nitrogens with zero attached hydrogens (tertiary/aromatic N) is 1. The predicted molar refractivity (Wildman–Crippen MR) is 47.7 cm³/mol. The lowest BCUT2D eigenvalue weighted by Crippen LogP contribution is -1.95. The maximum Gasteiger partial charge on any atom is 0.182 e. The predicted octanol–water partition coefficient (Wildman–Crippen LogP) is 2.37. The van der Waals surface area contributed by atoms with Crippen LogP contribution in [0.5, 0.6) is 5.75 Å². The van der Waals surface area contributed by atoms with Crippen LogP contribution < -0.4 is 4.74 Å². The van der Waals surface area contributed by atoms with E-state index in [4.69, 9.17) is 9.15 Å². The third-order valence-electron chi connectivity index (χ3n) is 2.14. The zero-order valence-electron chi connectivity index (χ0n) is 7.06. The van der Waals surface area contributed by atoms with Crippen molar-refractivity contribution in [3.05, 3.63) is 24.6 Å². The second-order valence-electron chi connectivity index (χ2n) is 3.27. The molecule has 0 radical (unpaired) electrons. The largest absolute Gasteiger partial charge is 0.488 e. The molecule has 2 aromatic rings. The van der Waals surface area contributed by atoms with Gasteiger partial charge in [0.15, 0.2) is 17.5 Å². The SMILES string of the molecule is c1cc(OC2CC2)c2ncoc2c1. The van der Waals surface area contributed by atoms with Gasteiger partial charge in [-0.05, 0) is 25.0 Å². The van der Waals surface area contributed by atoms with Crippen LogP contribution in [0.15, 0.2) is 29.0 Å². The number of aromatic nitrogens is 1. The Morgan fingerprint density at radius 3 is 3.15 bits per heavy atom. The lowest BCUT2D eigenvalue weighted by molar-refractivity contribution is 0.306. The zero-order chi connectivity index (χ0) is 8.67. The minimum atomic E-state index is 0.405. The molecular formula is C10H9NO2. The van der Waals surface area contributed by atoms with Crippen LogP contribution in [0.2, 0.25) is 0 Å². The van der Waals surface area contributed by atoms with Gasteiger partial charge in [-0.2, -0.15) is 0 Å². The van der Waals surface area contributed by atoms with Crippen LogP contribution in [0.3, 0.4) is 0 Å². The molecule has 1 fully saturated rings. The van der Waals surface area contributed by atoms with Gasteiger partial charge in [0.25, 0.3) is 0 Å². The fraction of sp³-hybridized carbons (Fsp3) is 0.300. The Balaban J connectivity index is 2.09. The van der Waals surface area contributed by atoms with Crippen LogP contribution in [-0.2, 0) is 0 Å². The Morgan fingerprint density at radius 1 is 1.38 bits per heavy atom. The smallest absolute Gasteiger partial charge is 0.182 e. The standard InChI is InChI=1S/C10H9NO2/c1-2-8-10(11-6-12-8)9(3-1)13-7-4-5-7/h1-3,6-7H,4-5H2. The molecule has 3 nitrogen and oxygen atoms in total. The summed E-state index contributed by atoms with van der Waals surface area (Å²) in [5, 5.41) is 0. The molecule has 0 aliphatic heterocycles. The maximum atomic E-state index is 5.67. The summed E-state index contributed by atoms with van der Waals surface area (Å²) in [5.74, 6) is 0.841. The van der Waals surface area contributed by atoms with Crippen molar-refractivity contribution < 1.29 is 9.15 Å². The molecule has 1 aromatic heterocycles. The molecule has 1 aliphatic carbocycles. The van der Waals surface area contributed by atoms with Crippen LogP contribution in [0, 0.1) is 0 Å². The molecule has 0 bridgehead atoms. The lowest BCUT2D eigenvalue weighted by Gasteiger charge is -2.02. The van der Waals surface area contributed by atoms with Crippen molar-refractivity contribution in [3.63, 3.8) is 0 Å². The van der Waals surface area contributed by atoms with Gasteiger partial charge in [-0.25, -0.2) is 4.98 Å². The number of rotatable bonds is 2. The van der Waals surface area contributed by atoms with Crippen LogP contribution >= 0.6 is 0 Å².